The molecule has 0 bridgehead atoms. The van der Waals surface area contributed by atoms with E-state index in [-0.39, 0.29) is 11.6 Å². The Kier molecular flexibility index (Phi) is 3.95. The Bertz CT molecular complexity index is 978. The maximum absolute atomic E-state index is 12.1. The van der Waals surface area contributed by atoms with Crippen LogP contribution in [0, 0.1) is 12.3 Å². The van der Waals surface area contributed by atoms with Gasteiger partial charge in [-0.2, -0.15) is 0 Å². The molecule has 0 radical (unpaired) electrons. The third-order valence-corrected chi connectivity index (χ3v) is 3.86. The van der Waals surface area contributed by atoms with E-state index in [1.807, 2.05) is 31.2 Å². The first-order chi connectivity index (χ1) is 11.5. The highest BCUT2D eigenvalue weighted by atomic mass is 16.4. The molecule has 0 spiro atoms. The van der Waals surface area contributed by atoms with Crippen molar-refractivity contribution in [3.63, 3.8) is 0 Å². The van der Waals surface area contributed by atoms with Gasteiger partial charge in [-0.05, 0) is 30.7 Å². The summed E-state index contributed by atoms with van der Waals surface area (Å²) in [5.74, 6) is 0.0693. The molecule has 122 valence electrons. The summed E-state index contributed by atoms with van der Waals surface area (Å²) in [5.41, 5.74) is 8.11. The van der Waals surface area contributed by atoms with Crippen LogP contribution in [-0.4, -0.2) is 13.0 Å². The van der Waals surface area contributed by atoms with Gasteiger partial charge in [0.2, 0.25) is 0 Å². The van der Waals surface area contributed by atoms with E-state index in [4.69, 9.17) is 15.6 Å². The molecule has 6 nitrogen and oxygen atoms in total. The molecular weight excluding hydrogens is 304 g/mol. The minimum atomic E-state index is -0.566. The van der Waals surface area contributed by atoms with Crippen LogP contribution in [0.4, 0.5) is 17.1 Å². The predicted molar refractivity (Wildman–Crippen MR) is 97.8 cm³/mol. The summed E-state index contributed by atoms with van der Waals surface area (Å²) >= 11 is 0. The molecule has 0 unspecified atom stereocenters. The summed E-state index contributed by atoms with van der Waals surface area (Å²) in [6, 6.07) is 14.6. The molecule has 4 N–H and O–H groups in total. The first kappa shape index (κ1) is 15.6. The van der Waals surface area contributed by atoms with Crippen molar-refractivity contribution in [1.82, 2.24) is 0 Å². The van der Waals surface area contributed by atoms with Gasteiger partial charge in [-0.1, -0.05) is 30.3 Å². The van der Waals surface area contributed by atoms with Crippen molar-refractivity contribution < 1.29 is 4.42 Å². The van der Waals surface area contributed by atoms with Gasteiger partial charge >= 0.3 is 5.63 Å². The van der Waals surface area contributed by atoms with Crippen molar-refractivity contribution in [2.75, 3.05) is 23.0 Å². The molecule has 2 aromatic carbocycles. The maximum atomic E-state index is 12.1. The number of anilines is 3. The average molecular weight is 322 g/mol. The number of rotatable bonds is 2. The number of benzene rings is 2. The number of hydrogen-bond donors (Lipinski definition) is 3. The fraction of sp³-hybridized carbons (Fsp3) is 0.111. The SMILES string of the molecule is Cc1ccccc1N(C)C(=N)Nc1cc2cccc(N)c2oc1=O. The molecule has 0 fully saturated rings. The van der Waals surface area contributed by atoms with E-state index >= 15 is 0 Å². The fourth-order valence-electron chi connectivity index (χ4n) is 2.53. The van der Waals surface area contributed by atoms with Gasteiger partial charge < -0.3 is 20.4 Å². The van der Waals surface area contributed by atoms with Crippen LogP contribution >= 0.6 is 0 Å². The summed E-state index contributed by atoms with van der Waals surface area (Å²) in [4.78, 5) is 13.8. The van der Waals surface area contributed by atoms with Crippen LogP contribution in [0.15, 0.2) is 57.7 Å². The van der Waals surface area contributed by atoms with E-state index < -0.39 is 5.63 Å². The molecule has 0 aliphatic rings. The predicted octanol–water partition coefficient (Wildman–Crippen LogP) is 3.17. The van der Waals surface area contributed by atoms with Crippen molar-refractivity contribution in [1.29, 1.82) is 5.41 Å². The zero-order valence-electron chi connectivity index (χ0n) is 13.5. The van der Waals surface area contributed by atoms with E-state index in [1.54, 1.807) is 36.2 Å². The second-order valence-electron chi connectivity index (χ2n) is 5.53. The third kappa shape index (κ3) is 2.81. The Labute approximate surface area is 139 Å². The first-order valence-electron chi connectivity index (χ1n) is 7.44. The van der Waals surface area contributed by atoms with Gasteiger partial charge in [0, 0.05) is 18.1 Å². The zero-order valence-corrected chi connectivity index (χ0v) is 13.5. The van der Waals surface area contributed by atoms with Crippen LogP contribution in [-0.2, 0) is 0 Å². The normalized spacial score (nSPS) is 10.6. The number of hydrogen-bond acceptors (Lipinski definition) is 4. The molecule has 3 rings (SSSR count). The minimum Gasteiger partial charge on any atom is -0.419 e. The van der Waals surface area contributed by atoms with Crippen LogP contribution in [0.25, 0.3) is 11.0 Å². The van der Waals surface area contributed by atoms with Crippen molar-refractivity contribution in [3.05, 3.63) is 64.5 Å². The number of aryl methyl sites for hydroxylation is 1. The molecular formula is C18H18N4O2. The Balaban J connectivity index is 1.92. The highest BCUT2D eigenvalue weighted by Gasteiger charge is 2.13. The average Bonchev–Trinajstić information content (AvgIpc) is 2.56. The summed E-state index contributed by atoms with van der Waals surface area (Å²) in [5, 5.41) is 11.7. The van der Waals surface area contributed by atoms with Gasteiger partial charge in [0.15, 0.2) is 11.5 Å². The molecule has 0 aliphatic carbocycles. The molecule has 1 aromatic heterocycles. The number of nitrogens with two attached hydrogens (primary N) is 1. The number of nitrogens with one attached hydrogen (secondary N) is 2. The lowest BCUT2D eigenvalue weighted by atomic mass is 10.2. The standard InChI is InChI=1S/C18H18N4O2/c1-11-6-3-4-9-15(11)22(2)18(20)21-14-10-12-7-5-8-13(19)16(12)24-17(14)23/h3-10H,19H2,1-2H3,(H2,20,21). The van der Waals surface area contributed by atoms with Crippen molar-refractivity contribution in [3.8, 4) is 0 Å². The second kappa shape index (κ2) is 6.08. The van der Waals surface area contributed by atoms with Gasteiger partial charge in [-0.15, -0.1) is 0 Å². The van der Waals surface area contributed by atoms with Gasteiger partial charge in [0.05, 0.1) is 5.69 Å². The van der Waals surface area contributed by atoms with Gasteiger partial charge in [0.25, 0.3) is 0 Å². The lowest BCUT2D eigenvalue weighted by Crippen LogP contribution is -2.33. The second-order valence-corrected chi connectivity index (χ2v) is 5.53. The summed E-state index contributed by atoms with van der Waals surface area (Å²) < 4.78 is 5.28. The smallest absolute Gasteiger partial charge is 0.360 e. The number of fused-ring (bicyclic) bond motifs is 1. The topological polar surface area (TPSA) is 95.3 Å². The van der Waals surface area contributed by atoms with E-state index in [0.717, 1.165) is 11.3 Å². The molecule has 0 saturated carbocycles. The fourth-order valence-corrected chi connectivity index (χ4v) is 2.53. The number of nitrogens with zero attached hydrogens (tertiary/aromatic N) is 1. The van der Waals surface area contributed by atoms with Crippen LogP contribution in [0.1, 0.15) is 5.56 Å². The molecule has 3 aromatic rings. The van der Waals surface area contributed by atoms with Crippen LogP contribution < -0.4 is 21.6 Å². The lowest BCUT2D eigenvalue weighted by molar-refractivity contribution is 0.565. The lowest BCUT2D eigenvalue weighted by Gasteiger charge is -2.22. The summed E-state index contributed by atoms with van der Waals surface area (Å²) in [6.07, 6.45) is 0. The minimum absolute atomic E-state index is 0.0693. The maximum Gasteiger partial charge on any atom is 0.360 e. The Morgan fingerprint density at radius 2 is 1.96 bits per heavy atom. The Hall–Kier alpha value is -3.28. The molecule has 1 heterocycles. The number of guanidine groups is 1. The zero-order chi connectivity index (χ0) is 17.3. The number of nitrogen functional groups attached to an aromatic ring is 1. The van der Waals surface area contributed by atoms with Crippen molar-refractivity contribution in [2.24, 2.45) is 0 Å². The molecule has 6 heteroatoms. The van der Waals surface area contributed by atoms with Crippen LogP contribution in [0.3, 0.4) is 0 Å². The molecule has 24 heavy (non-hydrogen) atoms. The van der Waals surface area contributed by atoms with Crippen molar-refractivity contribution in [2.45, 2.75) is 6.92 Å². The molecule has 0 aliphatic heterocycles. The van der Waals surface area contributed by atoms with Gasteiger partial charge in [0.1, 0.15) is 5.69 Å². The van der Waals surface area contributed by atoms with Crippen LogP contribution in [0.5, 0.6) is 0 Å². The largest absolute Gasteiger partial charge is 0.419 e. The van der Waals surface area contributed by atoms with Crippen LogP contribution in [0.2, 0.25) is 0 Å². The highest BCUT2D eigenvalue weighted by molar-refractivity contribution is 6.04. The van der Waals surface area contributed by atoms with Crippen molar-refractivity contribution >= 4 is 34.0 Å². The Morgan fingerprint density at radius 3 is 2.71 bits per heavy atom. The summed E-state index contributed by atoms with van der Waals surface area (Å²) in [6.45, 7) is 1.96. The van der Waals surface area contributed by atoms with Gasteiger partial charge in [-0.3, -0.25) is 5.41 Å². The van der Waals surface area contributed by atoms with E-state index in [2.05, 4.69) is 5.32 Å². The quantitative estimate of drug-likeness (QED) is 0.291. The van der Waals surface area contributed by atoms with E-state index in [9.17, 15) is 4.79 Å². The molecule has 0 amide bonds. The van der Waals surface area contributed by atoms with Gasteiger partial charge in [-0.25, -0.2) is 4.79 Å². The summed E-state index contributed by atoms with van der Waals surface area (Å²) in [7, 11) is 1.76. The van der Waals surface area contributed by atoms with E-state index in [1.165, 1.54) is 0 Å². The Morgan fingerprint density at radius 1 is 1.21 bits per heavy atom. The molecule has 0 saturated heterocycles. The number of para-hydroxylation sites is 2. The monoisotopic (exact) mass is 322 g/mol. The van der Waals surface area contributed by atoms with E-state index in [0.29, 0.717) is 16.7 Å². The first-order valence-corrected chi connectivity index (χ1v) is 7.44. The molecule has 0 atom stereocenters. The third-order valence-electron chi connectivity index (χ3n) is 3.86. The highest BCUT2D eigenvalue weighted by Crippen LogP contribution is 2.22.